The van der Waals surface area contributed by atoms with Gasteiger partial charge in [0, 0.05) is 18.4 Å². The molecule has 1 atom stereocenters. The summed E-state index contributed by atoms with van der Waals surface area (Å²) in [5, 5.41) is 0. The van der Waals surface area contributed by atoms with E-state index in [9.17, 15) is 0 Å². The molecule has 0 aliphatic carbocycles. The van der Waals surface area contributed by atoms with Gasteiger partial charge in [0.2, 0.25) is 0 Å². The van der Waals surface area contributed by atoms with Crippen LogP contribution < -0.4 is 5.73 Å². The van der Waals surface area contributed by atoms with Gasteiger partial charge >= 0.3 is 0 Å². The van der Waals surface area contributed by atoms with Gasteiger partial charge in [-0.2, -0.15) is 0 Å². The number of nitrogens with zero attached hydrogens (tertiary/aromatic N) is 1. The van der Waals surface area contributed by atoms with Gasteiger partial charge < -0.3 is 5.73 Å². The summed E-state index contributed by atoms with van der Waals surface area (Å²) in [7, 11) is 0. The number of hydrogen-bond donors (Lipinski definition) is 1. The van der Waals surface area contributed by atoms with Crippen LogP contribution in [0.15, 0.2) is 42.7 Å². The van der Waals surface area contributed by atoms with E-state index in [1.165, 1.54) is 22.3 Å². The van der Waals surface area contributed by atoms with E-state index in [4.69, 9.17) is 5.73 Å². The Hall–Kier alpha value is -1.67. The smallest absolute Gasteiger partial charge is 0.0338 e. The predicted octanol–water partition coefficient (Wildman–Crippen LogP) is 2.94. The van der Waals surface area contributed by atoms with Crippen molar-refractivity contribution in [3.05, 3.63) is 65.0 Å². The molecule has 0 fully saturated rings. The highest BCUT2D eigenvalue weighted by atomic mass is 14.6. The normalized spacial score (nSPS) is 12.4. The summed E-state index contributed by atoms with van der Waals surface area (Å²) < 4.78 is 0. The fourth-order valence-electron chi connectivity index (χ4n) is 2.04. The number of aromatic nitrogens is 1. The number of hydrogen-bond acceptors (Lipinski definition) is 2. The van der Waals surface area contributed by atoms with E-state index in [1.807, 2.05) is 24.5 Å². The fourth-order valence-corrected chi connectivity index (χ4v) is 2.04. The van der Waals surface area contributed by atoms with Crippen LogP contribution in [0.3, 0.4) is 0 Å². The third-order valence-electron chi connectivity index (χ3n) is 3.04. The first-order chi connectivity index (χ1) is 8.16. The van der Waals surface area contributed by atoms with Crippen molar-refractivity contribution in [3.63, 3.8) is 0 Å². The minimum atomic E-state index is 0.0531. The van der Waals surface area contributed by atoms with Crippen molar-refractivity contribution in [2.24, 2.45) is 5.73 Å². The zero-order chi connectivity index (χ0) is 12.3. The van der Waals surface area contributed by atoms with Crippen LogP contribution in [-0.4, -0.2) is 4.98 Å². The second-order valence-electron chi connectivity index (χ2n) is 4.53. The molecule has 1 unspecified atom stereocenters. The lowest BCUT2D eigenvalue weighted by Crippen LogP contribution is -2.14. The predicted molar refractivity (Wildman–Crippen MR) is 70.8 cm³/mol. The topological polar surface area (TPSA) is 38.9 Å². The van der Waals surface area contributed by atoms with Crippen LogP contribution in [0, 0.1) is 13.8 Å². The van der Waals surface area contributed by atoms with E-state index in [0.29, 0.717) is 0 Å². The maximum Gasteiger partial charge on any atom is 0.0338 e. The molecule has 2 aromatic rings. The molecule has 0 amide bonds. The Morgan fingerprint density at radius 3 is 2.53 bits per heavy atom. The third kappa shape index (κ3) is 2.92. The van der Waals surface area contributed by atoms with Gasteiger partial charge in [-0.05, 0) is 49.1 Å². The standard InChI is InChI=1S/C15H18N2/c1-11-3-4-12(2)14(9-11)15(16)10-13-5-7-17-8-6-13/h3-9,15H,10,16H2,1-2H3. The van der Waals surface area contributed by atoms with Gasteiger partial charge in [-0.25, -0.2) is 0 Å². The molecule has 0 radical (unpaired) electrons. The van der Waals surface area contributed by atoms with E-state index >= 15 is 0 Å². The zero-order valence-corrected chi connectivity index (χ0v) is 10.4. The van der Waals surface area contributed by atoms with Crippen LogP contribution in [0.1, 0.15) is 28.3 Å². The van der Waals surface area contributed by atoms with Gasteiger partial charge in [0.25, 0.3) is 0 Å². The fraction of sp³-hybridized carbons (Fsp3) is 0.267. The molecular formula is C15H18N2. The van der Waals surface area contributed by atoms with Crippen LogP contribution in [0.25, 0.3) is 0 Å². The van der Waals surface area contributed by atoms with Gasteiger partial charge in [0.1, 0.15) is 0 Å². The van der Waals surface area contributed by atoms with Crippen molar-refractivity contribution in [2.75, 3.05) is 0 Å². The molecule has 2 nitrogen and oxygen atoms in total. The second-order valence-corrected chi connectivity index (χ2v) is 4.53. The summed E-state index contributed by atoms with van der Waals surface area (Å²) in [6, 6.07) is 10.5. The number of rotatable bonds is 3. The third-order valence-corrected chi connectivity index (χ3v) is 3.04. The van der Waals surface area contributed by atoms with Gasteiger partial charge in [-0.1, -0.05) is 23.8 Å². The number of pyridine rings is 1. The van der Waals surface area contributed by atoms with Crippen LogP contribution in [0.2, 0.25) is 0 Å². The lowest BCUT2D eigenvalue weighted by atomic mass is 9.95. The molecule has 2 heteroatoms. The monoisotopic (exact) mass is 226 g/mol. The summed E-state index contributed by atoms with van der Waals surface area (Å²) in [4.78, 5) is 4.02. The highest BCUT2D eigenvalue weighted by Crippen LogP contribution is 2.20. The van der Waals surface area contributed by atoms with Crippen molar-refractivity contribution in [1.29, 1.82) is 0 Å². The van der Waals surface area contributed by atoms with E-state index in [-0.39, 0.29) is 6.04 Å². The highest BCUT2D eigenvalue weighted by Gasteiger charge is 2.09. The van der Waals surface area contributed by atoms with Crippen molar-refractivity contribution in [3.8, 4) is 0 Å². The van der Waals surface area contributed by atoms with E-state index in [1.54, 1.807) is 0 Å². The Kier molecular flexibility index (Phi) is 3.55. The maximum atomic E-state index is 6.28. The van der Waals surface area contributed by atoms with Gasteiger partial charge in [0.15, 0.2) is 0 Å². The molecule has 0 saturated carbocycles. The Balaban J connectivity index is 2.20. The summed E-state index contributed by atoms with van der Waals surface area (Å²) >= 11 is 0. The second kappa shape index (κ2) is 5.11. The first kappa shape index (κ1) is 11.8. The van der Waals surface area contributed by atoms with Crippen LogP contribution >= 0.6 is 0 Å². The average Bonchev–Trinajstić information content (AvgIpc) is 2.33. The maximum absolute atomic E-state index is 6.28. The minimum Gasteiger partial charge on any atom is -0.324 e. The number of benzene rings is 1. The first-order valence-corrected chi connectivity index (χ1v) is 5.88. The molecule has 0 bridgehead atoms. The molecule has 0 saturated heterocycles. The van der Waals surface area contributed by atoms with Crippen LogP contribution in [0.4, 0.5) is 0 Å². The van der Waals surface area contributed by atoms with E-state index in [2.05, 4.69) is 37.0 Å². The SMILES string of the molecule is Cc1ccc(C)c(C(N)Cc2ccncc2)c1. The highest BCUT2D eigenvalue weighted by molar-refractivity contribution is 5.33. The molecule has 0 spiro atoms. The lowest BCUT2D eigenvalue weighted by molar-refractivity contribution is 0.715. The zero-order valence-electron chi connectivity index (χ0n) is 10.4. The molecule has 1 heterocycles. The van der Waals surface area contributed by atoms with Crippen molar-refractivity contribution >= 4 is 0 Å². The summed E-state index contributed by atoms with van der Waals surface area (Å²) in [5.41, 5.74) is 11.3. The van der Waals surface area contributed by atoms with Crippen LogP contribution in [-0.2, 0) is 6.42 Å². The molecule has 0 aliphatic heterocycles. The number of aryl methyl sites for hydroxylation is 2. The van der Waals surface area contributed by atoms with Crippen LogP contribution in [0.5, 0.6) is 0 Å². The summed E-state index contributed by atoms with van der Waals surface area (Å²) in [6.45, 7) is 4.21. The average molecular weight is 226 g/mol. The van der Waals surface area contributed by atoms with Crippen molar-refractivity contribution < 1.29 is 0 Å². The Labute approximate surface area is 103 Å². The van der Waals surface area contributed by atoms with E-state index in [0.717, 1.165) is 6.42 Å². The van der Waals surface area contributed by atoms with Crippen molar-refractivity contribution in [1.82, 2.24) is 4.98 Å². The molecule has 1 aromatic carbocycles. The molecule has 2 N–H and O–H groups in total. The van der Waals surface area contributed by atoms with Gasteiger partial charge in [0.05, 0.1) is 0 Å². The lowest BCUT2D eigenvalue weighted by Gasteiger charge is -2.15. The molecule has 88 valence electrons. The quantitative estimate of drug-likeness (QED) is 0.874. The van der Waals surface area contributed by atoms with Gasteiger partial charge in [-0.3, -0.25) is 4.98 Å². The summed E-state index contributed by atoms with van der Waals surface area (Å²) in [5.74, 6) is 0. The molecule has 1 aromatic heterocycles. The molecule has 0 aliphatic rings. The van der Waals surface area contributed by atoms with E-state index < -0.39 is 0 Å². The minimum absolute atomic E-state index is 0.0531. The molecular weight excluding hydrogens is 208 g/mol. The van der Waals surface area contributed by atoms with Gasteiger partial charge in [-0.15, -0.1) is 0 Å². The Morgan fingerprint density at radius 1 is 1.12 bits per heavy atom. The first-order valence-electron chi connectivity index (χ1n) is 5.88. The molecule has 2 rings (SSSR count). The number of nitrogens with two attached hydrogens (primary N) is 1. The largest absolute Gasteiger partial charge is 0.324 e. The molecule has 17 heavy (non-hydrogen) atoms. The Bertz CT molecular complexity index is 492. The Morgan fingerprint density at radius 2 is 1.82 bits per heavy atom. The summed E-state index contributed by atoms with van der Waals surface area (Å²) in [6.07, 6.45) is 4.48. The van der Waals surface area contributed by atoms with Crippen molar-refractivity contribution in [2.45, 2.75) is 26.3 Å².